The highest BCUT2D eigenvalue weighted by Crippen LogP contribution is 2.25. The lowest BCUT2D eigenvalue weighted by molar-refractivity contribution is -0.119. The number of para-hydroxylation sites is 1. The first-order valence-corrected chi connectivity index (χ1v) is 10.1. The Balaban J connectivity index is 2.16. The van der Waals surface area contributed by atoms with Gasteiger partial charge >= 0.3 is 0 Å². The molecule has 0 aliphatic heterocycles. The van der Waals surface area contributed by atoms with Crippen molar-refractivity contribution in [3.8, 4) is 0 Å². The van der Waals surface area contributed by atoms with Crippen molar-refractivity contribution in [3.05, 3.63) is 30.3 Å². The van der Waals surface area contributed by atoms with Crippen LogP contribution in [0.5, 0.6) is 0 Å². The summed E-state index contributed by atoms with van der Waals surface area (Å²) < 4.78 is 25.7. The van der Waals surface area contributed by atoms with Crippen LogP contribution in [-0.4, -0.2) is 44.0 Å². The summed E-state index contributed by atoms with van der Waals surface area (Å²) in [5.74, 6) is -0.172. The Kier molecular flexibility index (Phi) is 6.18. The van der Waals surface area contributed by atoms with E-state index in [1.54, 1.807) is 4.90 Å². The van der Waals surface area contributed by atoms with Crippen LogP contribution in [0.2, 0.25) is 0 Å². The average Bonchev–Trinajstić information content (AvgIpc) is 2.54. The van der Waals surface area contributed by atoms with Gasteiger partial charge in [0.2, 0.25) is 15.9 Å². The van der Waals surface area contributed by atoms with Crippen LogP contribution in [0, 0.1) is 0 Å². The van der Waals surface area contributed by atoms with Crippen molar-refractivity contribution in [2.45, 2.75) is 45.1 Å². The summed E-state index contributed by atoms with van der Waals surface area (Å²) in [5, 5.41) is 0. The molecule has 0 bridgehead atoms. The highest BCUT2D eigenvalue weighted by atomic mass is 32.2. The van der Waals surface area contributed by atoms with Crippen molar-refractivity contribution in [2.24, 2.45) is 0 Å². The molecule has 1 aromatic rings. The van der Waals surface area contributed by atoms with Gasteiger partial charge in [-0.3, -0.25) is 4.79 Å². The van der Waals surface area contributed by atoms with E-state index in [0.717, 1.165) is 37.8 Å². The average molecular weight is 338 g/mol. The molecule has 1 aliphatic carbocycles. The SMILES string of the molecule is CCN(C(=O)CN(C1CCCCC1)S(C)(=O)=O)c1ccccc1. The largest absolute Gasteiger partial charge is 0.312 e. The number of rotatable bonds is 6. The van der Waals surface area contributed by atoms with Crippen molar-refractivity contribution in [3.63, 3.8) is 0 Å². The normalized spacial score (nSPS) is 16.5. The number of hydrogen-bond donors (Lipinski definition) is 0. The lowest BCUT2D eigenvalue weighted by atomic mass is 9.95. The van der Waals surface area contributed by atoms with E-state index in [1.807, 2.05) is 37.3 Å². The second-order valence-corrected chi connectivity index (χ2v) is 8.01. The Morgan fingerprint density at radius 1 is 1.13 bits per heavy atom. The van der Waals surface area contributed by atoms with Crippen molar-refractivity contribution in [1.29, 1.82) is 0 Å². The monoisotopic (exact) mass is 338 g/mol. The van der Waals surface area contributed by atoms with Crippen LogP contribution in [0.25, 0.3) is 0 Å². The molecule has 2 rings (SSSR count). The molecule has 5 nitrogen and oxygen atoms in total. The van der Waals surface area contributed by atoms with E-state index in [0.29, 0.717) is 6.54 Å². The van der Waals surface area contributed by atoms with Gasteiger partial charge in [-0.2, -0.15) is 4.31 Å². The van der Waals surface area contributed by atoms with Gasteiger partial charge in [-0.1, -0.05) is 37.5 Å². The Morgan fingerprint density at radius 2 is 1.74 bits per heavy atom. The van der Waals surface area contributed by atoms with E-state index in [2.05, 4.69) is 0 Å². The predicted octanol–water partition coefficient (Wildman–Crippen LogP) is 2.63. The molecule has 1 aromatic carbocycles. The Labute approximate surface area is 139 Å². The van der Waals surface area contributed by atoms with E-state index < -0.39 is 10.0 Å². The summed E-state index contributed by atoms with van der Waals surface area (Å²) in [6.45, 7) is 2.34. The Hall–Kier alpha value is -1.40. The number of anilines is 1. The molecule has 0 N–H and O–H groups in total. The molecule has 0 aromatic heterocycles. The minimum Gasteiger partial charge on any atom is -0.312 e. The van der Waals surface area contributed by atoms with E-state index in [1.165, 1.54) is 10.6 Å². The van der Waals surface area contributed by atoms with Gasteiger partial charge in [0.05, 0.1) is 12.8 Å². The maximum Gasteiger partial charge on any atom is 0.242 e. The van der Waals surface area contributed by atoms with Crippen LogP contribution in [0.1, 0.15) is 39.0 Å². The molecule has 1 fully saturated rings. The number of amides is 1. The van der Waals surface area contributed by atoms with Crippen molar-refractivity contribution in [1.82, 2.24) is 4.31 Å². The molecular formula is C17H26N2O3S. The molecule has 6 heteroatoms. The van der Waals surface area contributed by atoms with Crippen LogP contribution in [0.4, 0.5) is 5.69 Å². The van der Waals surface area contributed by atoms with E-state index in [4.69, 9.17) is 0 Å². The fourth-order valence-electron chi connectivity index (χ4n) is 3.22. The fraction of sp³-hybridized carbons (Fsp3) is 0.588. The smallest absolute Gasteiger partial charge is 0.242 e. The summed E-state index contributed by atoms with van der Waals surface area (Å²) >= 11 is 0. The van der Waals surface area contributed by atoms with Gasteiger partial charge in [0.1, 0.15) is 0 Å². The van der Waals surface area contributed by atoms with Crippen LogP contribution < -0.4 is 4.90 Å². The summed E-state index contributed by atoms with van der Waals surface area (Å²) in [5.41, 5.74) is 0.803. The highest BCUT2D eigenvalue weighted by Gasteiger charge is 2.31. The van der Waals surface area contributed by atoms with Crippen molar-refractivity contribution in [2.75, 3.05) is 24.2 Å². The Bertz CT molecular complexity index is 610. The first-order valence-electron chi connectivity index (χ1n) is 8.25. The van der Waals surface area contributed by atoms with E-state index >= 15 is 0 Å². The fourth-order valence-corrected chi connectivity index (χ4v) is 4.31. The van der Waals surface area contributed by atoms with Gasteiger partial charge in [0.15, 0.2) is 0 Å². The molecule has 0 spiro atoms. The first-order chi connectivity index (χ1) is 10.9. The lowest BCUT2D eigenvalue weighted by Gasteiger charge is -2.33. The van der Waals surface area contributed by atoms with Crippen LogP contribution in [0.3, 0.4) is 0 Å². The van der Waals surface area contributed by atoms with E-state index in [9.17, 15) is 13.2 Å². The number of carbonyl (C=O) groups is 1. The minimum atomic E-state index is -3.40. The highest BCUT2D eigenvalue weighted by molar-refractivity contribution is 7.88. The zero-order valence-electron chi connectivity index (χ0n) is 13.9. The summed E-state index contributed by atoms with van der Waals surface area (Å²) in [6, 6.07) is 9.34. The number of sulfonamides is 1. The summed E-state index contributed by atoms with van der Waals surface area (Å²) in [4.78, 5) is 14.3. The van der Waals surface area contributed by atoms with Crippen molar-refractivity contribution < 1.29 is 13.2 Å². The second kappa shape index (κ2) is 7.93. The second-order valence-electron chi connectivity index (χ2n) is 6.07. The van der Waals surface area contributed by atoms with Crippen LogP contribution in [-0.2, 0) is 14.8 Å². The number of likely N-dealkylation sites (N-methyl/N-ethyl adjacent to an activating group) is 1. The molecule has 0 heterocycles. The quantitative estimate of drug-likeness (QED) is 0.801. The standard InChI is InChI=1S/C17H26N2O3S/c1-3-18(15-10-6-4-7-11-15)17(20)14-19(23(2,21)22)16-12-8-5-9-13-16/h4,6-7,10-11,16H,3,5,8-9,12-14H2,1-2H3. The molecular weight excluding hydrogens is 312 g/mol. The van der Waals surface area contributed by atoms with Gasteiger partial charge in [-0.05, 0) is 31.9 Å². The molecule has 0 atom stereocenters. The molecule has 0 saturated heterocycles. The minimum absolute atomic E-state index is 0.0443. The number of nitrogens with zero attached hydrogens (tertiary/aromatic N) is 2. The molecule has 0 radical (unpaired) electrons. The zero-order chi connectivity index (χ0) is 16.9. The van der Waals surface area contributed by atoms with Gasteiger partial charge in [-0.25, -0.2) is 8.42 Å². The summed E-state index contributed by atoms with van der Waals surface area (Å²) in [7, 11) is -3.40. The van der Waals surface area contributed by atoms with Crippen molar-refractivity contribution >= 4 is 21.6 Å². The molecule has 1 saturated carbocycles. The van der Waals surface area contributed by atoms with Crippen LogP contribution >= 0.6 is 0 Å². The predicted molar refractivity (Wildman–Crippen MR) is 92.9 cm³/mol. The van der Waals surface area contributed by atoms with Gasteiger partial charge < -0.3 is 4.90 Å². The third-order valence-corrected chi connectivity index (χ3v) is 5.66. The first kappa shape index (κ1) is 17.9. The van der Waals surface area contributed by atoms with Gasteiger partial charge in [0.25, 0.3) is 0 Å². The maximum absolute atomic E-state index is 12.7. The number of hydrogen-bond acceptors (Lipinski definition) is 3. The number of benzene rings is 1. The molecule has 128 valence electrons. The van der Waals surface area contributed by atoms with Crippen LogP contribution in [0.15, 0.2) is 30.3 Å². The summed E-state index contributed by atoms with van der Waals surface area (Å²) in [6.07, 6.45) is 6.10. The lowest BCUT2D eigenvalue weighted by Crippen LogP contribution is -2.47. The Morgan fingerprint density at radius 3 is 2.26 bits per heavy atom. The zero-order valence-corrected chi connectivity index (χ0v) is 14.8. The van der Waals surface area contributed by atoms with Gasteiger partial charge in [-0.15, -0.1) is 0 Å². The topological polar surface area (TPSA) is 57.7 Å². The third kappa shape index (κ3) is 4.78. The number of carbonyl (C=O) groups excluding carboxylic acids is 1. The molecule has 1 amide bonds. The third-order valence-electron chi connectivity index (χ3n) is 4.38. The van der Waals surface area contributed by atoms with E-state index in [-0.39, 0.29) is 18.5 Å². The van der Waals surface area contributed by atoms with Gasteiger partial charge in [0, 0.05) is 18.3 Å². The molecule has 0 unspecified atom stereocenters. The maximum atomic E-state index is 12.7. The molecule has 23 heavy (non-hydrogen) atoms. The molecule has 1 aliphatic rings.